The molecule has 0 saturated carbocycles. The summed E-state index contributed by atoms with van der Waals surface area (Å²) in [7, 11) is 0. The second-order valence-electron chi connectivity index (χ2n) is 2.90. The summed E-state index contributed by atoms with van der Waals surface area (Å²) in [5.74, 6) is -0.403. The van der Waals surface area contributed by atoms with Gasteiger partial charge < -0.3 is 5.11 Å². The minimum atomic E-state index is -0.824. The van der Waals surface area contributed by atoms with Crippen LogP contribution in [0.1, 0.15) is 25.0 Å². The van der Waals surface area contributed by atoms with E-state index in [9.17, 15) is 9.50 Å². The van der Waals surface area contributed by atoms with Gasteiger partial charge in [0.2, 0.25) is 0 Å². The maximum atomic E-state index is 13.7. The van der Waals surface area contributed by atoms with Gasteiger partial charge in [0.15, 0.2) is 0 Å². The maximum absolute atomic E-state index is 13.7. The van der Waals surface area contributed by atoms with Crippen molar-refractivity contribution in [2.75, 3.05) is 6.26 Å². The topological polar surface area (TPSA) is 20.2 Å². The van der Waals surface area contributed by atoms with Crippen LogP contribution in [0.25, 0.3) is 0 Å². The molecule has 1 atom stereocenters. The molecule has 0 saturated heterocycles. The average molecular weight is 235 g/mol. The SMILES string of the molecule is CCC(O)c1c(Cl)ccc(SC)c1F. The molecule has 0 aliphatic carbocycles. The van der Waals surface area contributed by atoms with E-state index in [1.165, 1.54) is 11.8 Å². The van der Waals surface area contributed by atoms with Crippen molar-refractivity contribution in [1.82, 2.24) is 0 Å². The van der Waals surface area contributed by atoms with Gasteiger partial charge in [0.1, 0.15) is 5.82 Å². The normalized spacial score (nSPS) is 12.9. The smallest absolute Gasteiger partial charge is 0.144 e. The van der Waals surface area contributed by atoms with Crippen molar-refractivity contribution in [2.45, 2.75) is 24.3 Å². The van der Waals surface area contributed by atoms with Crippen LogP contribution in [0.2, 0.25) is 5.02 Å². The second-order valence-corrected chi connectivity index (χ2v) is 4.16. The first kappa shape index (κ1) is 11.8. The number of aliphatic hydroxyl groups is 1. The molecule has 0 amide bonds. The Morgan fingerprint density at radius 3 is 2.71 bits per heavy atom. The lowest BCUT2D eigenvalue weighted by atomic mass is 10.1. The molecule has 0 fully saturated rings. The minimum absolute atomic E-state index is 0.209. The van der Waals surface area contributed by atoms with Crippen LogP contribution in [0.3, 0.4) is 0 Å². The lowest BCUT2D eigenvalue weighted by molar-refractivity contribution is 0.168. The molecule has 1 unspecified atom stereocenters. The van der Waals surface area contributed by atoms with E-state index >= 15 is 0 Å². The molecular formula is C10H12ClFOS. The molecule has 14 heavy (non-hydrogen) atoms. The Morgan fingerprint density at radius 1 is 1.57 bits per heavy atom. The second kappa shape index (κ2) is 5.01. The number of thioether (sulfide) groups is 1. The number of hydrogen-bond acceptors (Lipinski definition) is 2. The predicted octanol–water partition coefficient (Wildman–Crippen LogP) is 3.64. The molecule has 0 heterocycles. The van der Waals surface area contributed by atoms with Crippen molar-refractivity contribution in [1.29, 1.82) is 0 Å². The van der Waals surface area contributed by atoms with Crippen LogP contribution < -0.4 is 0 Å². The predicted molar refractivity (Wildman–Crippen MR) is 58.4 cm³/mol. The van der Waals surface area contributed by atoms with Crippen molar-refractivity contribution >= 4 is 23.4 Å². The van der Waals surface area contributed by atoms with Gasteiger partial charge in [-0.3, -0.25) is 0 Å². The standard InChI is InChI=1S/C10H12ClFOS/c1-3-7(13)9-6(11)4-5-8(14-2)10(9)12/h4-5,7,13H,3H2,1-2H3. The molecule has 4 heteroatoms. The van der Waals surface area contributed by atoms with Gasteiger partial charge in [-0.25, -0.2) is 4.39 Å². The van der Waals surface area contributed by atoms with Crippen molar-refractivity contribution in [3.8, 4) is 0 Å². The third-order valence-electron chi connectivity index (χ3n) is 2.03. The minimum Gasteiger partial charge on any atom is -0.388 e. The quantitative estimate of drug-likeness (QED) is 0.806. The molecule has 1 aromatic rings. The summed E-state index contributed by atoms with van der Waals surface area (Å²) in [6.07, 6.45) is 1.41. The van der Waals surface area contributed by atoms with Gasteiger partial charge in [0.25, 0.3) is 0 Å². The zero-order valence-corrected chi connectivity index (χ0v) is 9.62. The van der Waals surface area contributed by atoms with Gasteiger partial charge in [0, 0.05) is 15.5 Å². The van der Waals surface area contributed by atoms with Crippen LogP contribution in [-0.4, -0.2) is 11.4 Å². The lowest BCUT2D eigenvalue weighted by Crippen LogP contribution is -2.01. The Balaban J connectivity index is 3.25. The van der Waals surface area contributed by atoms with Gasteiger partial charge in [-0.15, -0.1) is 11.8 Å². The fourth-order valence-corrected chi connectivity index (χ4v) is 1.98. The van der Waals surface area contributed by atoms with E-state index in [1.54, 1.807) is 25.3 Å². The van der Waals surface area contributed by atoms with Crippen molar-refractivity contribution < 1.29 is 9.50 Å². The Hall–Kier alpha value is -0.250. The highest BCUT2D eigenvalue weighted by molar-refractivity contribution is 7.98. The zero-order chi connectivity index (χ0) is 10.7. The van der Waals surface area contributed by atoms with E-state index in [2.05, 4.69) is 0 Å². The van der Waals surface area contributed by atoms with Crippen LogP contribution in [-0.2, 0) is 0 Å². The van der Waals surface area contributed by atoms with E-state index in [0.717, 1.165) is 0 Å². The summed E-state index contributed by atoms with van der Waals surface area (Å²) in [6, 6.07) is 3.24. The van der Waals surface area contributed by atoms with Gasteiger partial charge >= 0.3 is 0 Å². The Kier molecular flexibility index (Phi) is 4.23. The lowest BCUT2D eigenvalue weighted by Gasteiger charge is -2.13. The molecular weight excluding hydrogens is 223 g/mol. The van der Waals surface area contributed by atoms with Crippen LogP contribution in [0, 0.1) is 5.82 Å². The van der Waals surface area contributed by atoms with Crippen LogP contribution in [0.4, 0.5) is 4.39 Å². The van der Waals surface area contributed by atoms with Crippen molar-refractivity contribution in [2.24, 2.45) is 0 Å². The number of benzene rings is 1. The van der Waals surface area contributed by atoms with Gasteiger partial charge in [-0.1, -0.05) is 18.5 Å². The van der Waals surface area contributed by atoms with E-state index < -0.39 is 11.9 Å². The summed E-state index contributed by atoms with van der Waals surface area (Å²) in [4.78, 5) is 0.511. The first-order valence-corrected chi connectivity index (χ1v) is 5.92. The summed E-state index contributed by atoms with van der Waals surface area (Å²) in [5.41, 5.74) is 0.209. The summed E-state index contributed by atoms with van der Waals surface area (Å²) in [5, 5.41) is 9.86. The van der Waals surface area contributed by atoms with E-state index in [0.29, 0.717) is 11.3 Å². The highest BCUT2D eigenvalue weighted by Gasteiger charge is 2.17. The van der Waals surface area contributed by atoms with Crippen molar-refractivity contribution in [3.63, 3.8) is 0 Å². The van der Waals surface area contributed by atoms with E-state index in [-0.39, 0.29) is 10.6 Å². The van der Waals surface area contributed by atoms with Gasteiger partial charge in [-0.2, -0.15) is 0 Å². The van der Waals surface area contributed by atoms with Crippen molar-refractivity contribution in [3.05, 3.63) is 28.5 Å². The molecule has 1 nitrogen and oxygen atoms in total. The van der Waals surface area contributed by atoms with E-state index in [1.807, 2.05) is 0 Å². The molecule has 0 aromatic heterocycles. The fourth-order valence-electron chi connectivity index (χ4n) is 1.22. The zero-order valence-electron chi connectivity index (χ0n) is 8.05. The monoisotopic (exact) mass is 234 g/mol. The molecule has 1 rings (SSSR count). The van der Waals surface area contributed by atoms with Crippen LogP contribution in [0.5, 0.6) is 0 Å². The summed E-state index contributed by atoms with van der Waals surface area (Å²) >= 11 is 7.12. The third kappa shape index (κ3) is 2.22. The molecule has 0 radical (unpaired) electrons. The van der Waals surface area contributed by atoms with Crippen LogP contribution >= 0.6 is 23.4 Å². The fraction of sp³-hybridized carbons (Fsp3) is 0.400. The third-order valence-corrected chi connectivity index (χ3v) is 3.12. The van der Waals surface area contributed by atoms with Crippen LogP contribution in [0.15, 0.2) is 17.0 Å². The molecule has 78 valence electrons. The number of halogens is 2. The number of aliphatic hydroxyl groups excluding tert-OH is 1. The molecule has 0 aliphatic heterocycles. The maximum Gasteiger partial charge on any atom is 0.144 e. The summed E-state index contributed by atoms with van der Waals surface area (Å²) < 4.78 is 13.7. The highest BCUT2D eigenvalue weighted by Crippen LogP contribution is 2.32. The number of hydrogen-bond donors (Lipinski definition) is 1. The molecule has 1 aromatic carbocycles. The Labute approximate surface area is 92.3 Å². The molecule has 0 spiro atoms. The Morgan fingerprint density at radius 2 is 2.21 bits per heavy atom. The largest absolute Gasteiger partial charge is 0.388 e. The summed E-state index contributed by atoms with van der Waals surface area (Å²) in [6.45, 7) is 1.78. The first-order chi connectivity index (χ1) is 6.61. The Bertz CT molecular complexity index is 330. The molecule has 0 aliphatic rings. The first-order valence-electron chi connectivity index (χ1n) is 4.31. The average Bonchev–Trinajstić information content (AvgIpc) is 2.18. The molecule has 0 bridgehead atoms. The van der Waals surface area contributed by atoms with E-state index in [4.69, 9.17) is 11.6 Å². The van der Waals surface area contributed by atoms with Gasteiger partial charge in [0.05, 0.1) is 6.10 Å². The molecule has 1 N–H and O–H groups in total. The van der Waals surface area contributed by atoms with Gasteiger partial charge in [-0.05, 0) is 24.8 Å². The highest BCUT2D eigenvalue weighted by atomic mass is 35.5. The number of rotatable bonds is 3.